The van der Waals surface area contributed by atoms with Gasteiger partial charge >= 0.3 is 11.1 Å². The second kappa shape index (κ2) is 6.37. The van der Waals surface area contributed by atoms with Gasteiger partial charge in [-0.3, -0.25) is 14.4 Å². The van der Waals surface area contributed by atoms with Crippen molar-refractivity contribution in [2.75, 3.05) is 13.1 Å². The van der Waals surface area contributed by atoms with Crippen LogP contribution in [0.2, 0.25) is 0 Å². The zero-order valence-corrected chi connectivity index (χ0v) is 13.0. The van der Waals surface area contributed by atoms with Crippen molar-refractivity contribution in [2.45, 2.75) is 32.4 Å². The van der Waals surface area contributed by atoms with Crippen LogP contribution < -0.4 is 21.8 Å². The lowest BCUT2D eigenvalue weighted by Crippen LogP contribution is -2.45. The first-order valence-electron chi connectivity index (χ1n) is 7.88. The van der Waals surface area contributed by atoms with Crippen molar-refractivity contribution in [3.63, 3.8) is 0 Å². The van der Waals surface area contributed by atoms with Crippen LogP contribution in [0.4, 0.5) is 0 Å². The predicted octanol–water partition coefficient (Wildman–Crippen LogP) is 0.192. The van der Waals surface area contributed by atoms with Gasteiger partial charge in [-0.25, -0.2) is 0 Å². The molecule has 7 nitrogen and oxygen atoms in total. The number of aromatic nitrogens is 2. The quantitative estimate of drug-likeness (QED) is 0.705. The lowest BCUT2D eigenvalue weighted by molar-refractivity contribution is 0.0931. The van der Waals surface area contributed by atoms with E-state index in [2.05, 4.69) is 15.6 Å². The standard InChI is InChI=1S/C16H20N4O3/c1-2-20-13-6-5-10(8-12(13)19-15(22)16(20)23)14(21)18-11-4-3-7-17-9-11/h5-6,8,11,17H,2-4,7,9H2,1H3,(H,18,21)(H,19,22). The van der Waals surface area contributed by atoms with Crippen molar-refractivity contribution in [1.82, 2.24) is 20.2 Å². The van der Waals surface area contributed by atoms with Gasteiger partial charge in [-0.05, 0) is 44.5 Å². The average molecular weight is 316 g/mol. The summed E-state index contributed by atoms with van der Waals surface area (Å²) in [7, 11) is 0. The minimum atomic E-state index is -0.673. The van der Waals surface area contributed by atoms with E-state index in [4.69, 9.17) is 0 Å². The molecule has 23 heavy (non-hydrogen) atoms. The molecule has 2 aromatic rings. The van der Waals surface area contributed by atoms with Crippen molar-refractivity contribution in [3.05, 3.63) is 44.5 Å². The van der Waals surface area contributed by atoms with Crippen molar-refractivity contribution >= 4 is 16.9 Å². The Labute approximate surface area is 132 Å². The molecule has 1 unspecified atom stereocenters. The fraction of sp³-hybridized carbons (Fsp3) is 0.438. The molecule has 1 amide bonds. The van der Waals surface area contributed by atoms with Crippen LogP contribution in [-0.2, 0) is 6.54 Å². The zero-order valence-electron chi connectivity index (χ0n) is 13.0. The molecular formula is C16H20N4O3. The Kier molecular flexibility index (Phi) is 4.29. The van der Waals surface area contributed by atoms with E-state index in [9.17, 15) is 14.4 Å². The number of carbonyl (C=O) groups excluding carboxylic acids is 1. The number of rotatable bonds is 3. The van der Waals surface area contributed by atoms with Crippen LogP contribution in [0.3, 0.4) is 0 Å². The monoisotopic (exact) mass is 316 g/mol. The summed E-state index contributed by atoms with van der Waals surface area (Å²) in [5.41, 5.74) is 0.331. The Hall–Kier alpha value is -2.41. The van der Waals surface area contributed by atoms with Gasteiger partial charge in [0.25, 0.3) is 5.91 Å². The van der Waals surface area contributed by atoms with Gasteiger partial charge < -0.3 is 20.2 Å². The SMILES string of the molecule is CCn1c(=O)c(=O)[nH]c2cc(C(=O)NC3CCCNC3)ccc21. The van der Waals surface area contributed by atoms with Gasteiger partial charge in [0.2, 0.25) is 0 Å². The summed E-state index contributed by atoms with van der Waals surface area (Å²) in [5, 5.41) is 6.24. The highest BCUT2D eigenvalue weighted by molar-refractivity contribution is 5.97. The number of aryl methyl sites for hydroxylation is 1. The van der Waals surface area contributed by atoms with E-state index in [0.29, 0.717) is 23.1 Å². The van der Waals surface area contributed by atoms with Crippen molar-refractivity contribution in [1.29, 1.82) is 0 Å². The Balaban J connectivity index is 1.93. The van der Waals surface area contributed by atoms with Crippen LogP contribution in [-0.4, -0.2) is 34.6 Å². The molecule has 1 fully saturated rings. The Morgan fingerprint density at radius 3 is 2.91 bits per heavy atom. The summed E-state index contributed by atoms with van der Waals surface area (Å²) in [5.74, 6) is -0.171. The van der Waals surface area contributed by atoms with Crippen LogP contribution in [0.5, 0.6) is 0 Å². The number of H-pyrrole nitrogens is 1. The van der Waals surface area contributed by atoms with Crippen LogP contribution in [0.1, 0.15) is 30.1 Å². The van der Waals surface area contributed by atoms with Crippen LogP contribution in [0.15, 0.2) is 27.8 Å². The smallest absolute Gasteiger partial charge is 0.316 e. The van der Waals surface area contributed by atoms with Gasteiger partial charge in [-0.15, -0.1) is 0 Å². The summed E-state index contributed by atoms with van der Waals surface area (Å²) in [6, 6.07) is 5.12. The van der Waals surface area contributed by atoms with Crippen LogP contribution >= 0.6 is 0 Å². The van der Waals surface area contributed by atoms with Gasteiger partial charge in [0.15, 0.2) is 0 Å². The molecule has 1 aliphatic heterocycles. The van der Waals surface area contributed by atoms with Gasteiger partial charge in [0, 0.05) is 24.7 Å². The Morgan fingerprint density at radius 1 is 1.39 bits per heavy atom. The first-order chi connectivity index (χ1) is 11.1. The fourth-order valence-electron chi connectivity index (χ4n) is 2.98. The normalized spacial score (nSPS) is 18.0. The molecule has 3 N–H and O–H groups in total. The minimum Gasteiger partial charge on any atom is -0.348 e. The third kappa shape index (κ3) is 3.05. The van der Waals surface area contributed by atoms with E-state index in [1.807, 2.05) is 0 Å². The van der Waals surface area contributed by atoms with E-state index in [0.717, 1.165) is 25.9 Å². The number of carbonyl (C=O) groups is 1. The molecule has 1 atom stereocenters. The highest BCUT2D eigenvalue weighted by Gasteiger charge is 2.17. The van der Waals surface area contributed by atoms with E-state index in [1.54, 1.807) is 25.1 Å². The fourth-order valence-corrected chi connectivity index (χ4v) is 2.98. The highest BCUT2D eigenvalue weighted by atomic mass is 16.2. The molecule has 0 saturated carbocycles. The summed E-state index contributed by atoms with van der Waals surface area (Å²) in [6.07, 6.45) is 2.00. The zero-order chi connectivity index (χ0) is 16.4. The molecule has 0 aliphatic carbocycles. The first kappa shape index (κ1) is 15.5. The average Bonchev–Trinajstić information content (AvgIpc) is 2.56. The molecule has 0 spiro atoms. The number of hydrogen-bond donors (Lipinski definition) is 3. The number of piperidine rings is 1. The molecule has 1 saturated heterocycles. The molecule has 122 valence electrons. The van der Waals surface area contributed by atoms with Crippen LogP contribution in [0.25, 0.3) is 11.0 Å². The molecule has 0 radical (unpaired) electrons. The second-order valence-corrected chi connectivity index (χ2v) is 5.75. The molecule has 1 aromatic heterocycles. The van der Waals surface area contributed by atoms with E-state index in [-0.39, 0.29) is 11.9 Å². The van der Waals surface area contributed by atoms with Gasteiger partial charge in [0.1, 0.15) is 0 Å². The molecule has 0 bridgehead atoms. The number of amides is 1. The van der Waals surface area contributed by atoms with Crippen molar-refractivity contribution in [3.8, 4) is 0 Å². The highest BCUT2D eigenvalue weighted by Crippen LogP contribution is 2.12. The number of nitrogens with zero attached hydrogens (tertiary/aromatic N) is 1. The maximum atomic E-state index is 12.4. The maximum absolute atomic E-state index is 12.4. The lowest BCUT2D eigenvalue weighted by Gasteiger charge is -2.23. The predicted molar refractivity (Wildman–Crippen MR) is 87.9 cm³/mol. The Morgan fingerprint density at radius 2 is 2.22 bits per heavy atom. The minimum absolute atomic E-state index is 0.121. The van der Waals surface area contributed by atoms with E-state index in [1.165, 1.54) is 4.57 Å². The molecule has 7 heteroatoms. The maximum Gasteiger partial charge on any atom is 0.316 e. The summed E-state index contributed by atoms with van der Waals surface area (Å²) >= 11 is 0. The third-order valence-corrected chi connectivity index (χ3v) is 4.19. The number of nitrogens with one attached hydrogen (secondary N) is 3. The van der Waals surface area contributed by atoms with Gasteiger partial charge in [-0.1, -0.05) is 0 Å². The van der Waals surface area contributed by atoms with E-state index >= 15 is 0 Å². The molecule has 3 rings (SSSR count). The number of aromatic amines is 1. The number of benzene rings is 1. The topological polar surface area (TPSA) is 96.0 Å². The molecule has 1 aromatic carbocycles. The summed E-state index contributed by atoms with van der Waals surface area (Å²) in [6.45, 7) is 3.96. The van der Waals surface area contributed by atoms with Crippen LogP contribution in [0, 0.1) is 0 Å². The van der Waals surface area contributed by atoms with Crippen molar-refractivity contribution in [2.24, 2.45) is 0 Å². The van der Waals surface area contributed by atoms with E-state index < -0.39 is 11.1 Å². The molecular weight excluding hydrogens is 296 g/mol. The second-order valence-electron chi connectivity index (χ2n) is 5.75. The molecule has 1 aliphatic rings. The first-order valence-corrected chi connectivity index (χ1v) is 7.88. The lowest BCUT2D eigenvalue weighted by atomic mass is 10.1. The summed E-state index contributed by atoms with van der Waals surface area (Å²) in [4.78, 5) is 38.5. The summed E-state index contributed by atoms with van der Waals surface area (Å²) < 4.78 is 1.40. The largest absolute Gasteiger partial charge is 0.348 e. The number of fused-ring (bicyclic) bond motifs is 1. The number of hydrogen-bond acceptors (Lipinski definition) is 4. The van der Waals surface area contributed by atoms with Crippen molar-refractivity contribution < 1.29 is 4.79 Å². The van der Waals surface area contributed by atoms with Gasteiger partial charge in [0.05, 0.1) is 11.0 Å². The van der Waals surface area contributed by atoms with Gasteiger partial charge in [-0.2, -0.15) is 0 Å². The Bertz CT molecular complexity index is 847. The third-order valence-electron chi connectivity index (χ3n) is 4.19. The molecule has 2 heterocycles.